The second-order valence-electron chi connectivity index (χ2n) is 4.24. The van der Waals surface area contributed by atoms with E-state index >= 15 is 0 Å². The molecule has 0 unspecified atom stereocenters. The quantitative estimate of drug-likeness (QED) is 0.746. The minimum atomic E-state index is -0.219. The third-order valence-electron chi connectivity index (χ3n) is 2.85. The molecule has 2 nitrogen and oxygen atoms in total. The minimum Gasteiger partial charge on any atom is -0.458 e. The zero-order valence-electron chi connectivity index (χ0n) is 9.78. The molecule has 3 heteroatoms. The normalized spacial score (nSPS) is 19.6. The Morgan fingerprint density at radius 1 is 1.35 bits per heavy atom. The van der Waals surface area contributed by atoms with E-state index < -0.39 is 0 Å². The molecule has 0 aliphatic heterocycles. The molecule has 0 spiro atoms. The monoisotopic (exact) mass is 250 g/mol. The van der Waals surface area contributed by atoms with Gasteiger partial charge < -0.3 is 4.74 Å². The Morgan fingerprint density at radius 3 is 2.71 bits per heavy atom. The molecule has 1 aromatic carbocycles. The average molecular weight is 251 g/mol. The van der Waals surface area contributed by atoms with Gasteiger partial charge in [0.25, 0.3) is 0 Å². The predicted octanol–water partition coefficient (Wildman–Crippen LogP) is 3.84. The maximum Gasteiger partial charge on any atom is 0.303 e. The Bertz CT molecular complexity index is 434. The van der Waals surface area contributed by atoms with Gasteiger partial charge in [-0.05, 0) is 48.6 Å². The molecule has 0 aromatic heterocycles. The van der Waals surface area contributed by atoms with Crippen LogP contribution in [0.15, 0.2) is 30.3 Å². The smallest absolute Gasteiger partial charge is 0.303 e. The number of ether oxygens (including phenoxy) is 1. The SMILES string of the molecule is CC(=O)O[C@H]1C=C(c2ccc(Cl)cc2)CCC1. The fourth-order valence-electron chi connectivity index (χ4n) is 2.10. The number of rotatable bonds is 2. The molecule has 0 saturated carbocycles. The lowest BCUT2D eigenvalue weighted by molar-refractivity contribution is -0.144. The van der Waals surface area contributed by atoms with Crippen LogP contribution in [0.3, 0.4) is 0 Å². The van der Waals surface area contributed by atoms with Gasteiger partial charge in [0.2, 0.25) is 0 Å². The fraction of sp³-hybridized carbons (Fsp3) is 0.357. The average Bonchev–Trinajstić information content (AvgIpc) is 2.29. The van der Waals surface area contributed by atoms with Crippen molar-refractivity contribution in [3.05, 3.63) is 40.9 Å². The van der Waals surface area contributed by atoms with Crippen molar-refractivity contribution < 1.29 is 9.53 Å². The lowest BCUT2D eigenvalue weighted by atomic mass is 9.92. The van der Waals surface area contributed by atoms with Crippen LogP contribution >= 0.6 is 11.6 Å². The van der Waals surface area contributed by atoms with E-state index in [1.807, 2.05) is 30.3 Å². The zero-order chi connectivity index (χ0) is 12.3. The van der Waals surface area contributed by atoms with Crippen molar-refractivity contribution in [2.24, 2.45) is 0 Å². The number of carbonyl (C=O) groups excluding carboxylic acids is 1. The maximum atomic E-state index is 10.9. The first-order chi connectivity index (χ1) is 8.15. The number of halogens is 1. The Balaban J connectivity index is 2.17. The minimum absolute atomic E-state index is 0.0769. The number of benzene rings is 1. The highest BCUT2D eigenvalue weighted by atomic mass is 35.5. The first kappa shape index (κ1) is 12.2. The van der Waals surface area contributed by atoms with Gasteiger partial charge in [-0.2, -0.15) is 0 Å². The molecular weight excluding hydrogens is 236 g/mol. The molecule has 0 amide bonds. The van der Waals surface area contributed by atoms with Crippen LogP contribution < -0.4 is 0 Å². The molecule has 0 saturated heterocycles. The highest BCUT2D eigenvalue weighted by molar-refractivity contribution is 6.30. The number of hydrogen-bond donors (Lipinski definition) is 0. The fourth-order valence-corrected chi connectivity index (χ4v) is 2.22. The summed E-state index contributed by atoms with van der Waals surface area (Å²) < 4.78 is 5.23. The van der Waals surface area contributed by atoms with E-state index in [1.165, 1.54) is 12.5 Å². The summed E-state index contributed by atoms with van der Waals surface area (Å²) in [5.41, 5.74) is 2.39. The molecule has 90 valence electrons. The van der Waals surface area contributed by atoms with E-state index in [0.717, 1.165) is 29.8 Å². The van der Waals surface area contributed by atoms with Gasteiger partial charge >= 0.3 is 5.97 Å². The van der Waals surface area contributed by atoms with Crippen LogP contribution in [-0.2, 0) is 9.53 Å². The third kappa shape index (κ3) is 3.34. The van der Waals surface area contributed by atoms with E-state index in [-0.39, 0.29) is 12.1 Å². The summed E-state index contributed by atoms with van der Waals surface area (Å²) in [7, 11) is 0. The molecule has 0 fully saturated rings. The van der Waals surface area contributed by atoms with Gasteiger partial charge in [-0.15, -0.1) is 0 Å². The summed E-state index contributed by atoms with van der Waals surface area (Å²) in [6, 6.07) is 7.77. The topological polar surface area (TPSA) is 26.3 Å². The van der Waals surface area contributed by atoms with E-state index in [4.69, 9.17) is 16.3 Å². The van der Waals surface area contributed by atoms with Crippen molar-refractivity contribution in [1.29, 1.82) is 0 Å². The van der Waals surface area contributed by atoms with Crippen LogP contribution in [0.4, 0.5) is 0 Å². The Kier molecular flexibility index (Phi) is 3.85. The van der Waals surface area contributed by atoms with Crippen LogP contribution in [0.5, 0.6) is 0 Å². The largest absolute Gasteiger partial charge is 0.458 e. The first-order valence-electron chi connectivity index (χ1n) is 5.79. The van der Waals surface area contributed by atoms with Gasteiger partial charge in [0.1, 0.15) is 6.10 Å². The van der Waals surface area contributed by atoms with Crippen molar-refractivity contribution >= 4 is 23.1 Å². The molecule has 0 N–H and O–H groups in total. The van der Waals surface area contributed by atoms with Gasteiger partial charge in [-0.3, -0.25) is 4.79 Å². The van der Waals surface area contributed by atoms with Crippen molar-refractivity contribution in [2.45, 2.75) is 32.3 Å². The first-order valence-corrected chi connectivity index (χ1v) is 6.17. The zero-order valence-corrected chi connectivity index (χ0v) is 10.5. The second kappa shape index (κ2) is 5.37. The van der Waals surface area contributed by atoms with E-state index in [0.29, 0.717) is 0 Å². The molecule has 1 aromatic rings. The van der Waals surface area contributed by atoms with E-state index in [2.05, 4.69) is 0 Å². The molecule has 0 heterocycles. The molecule has 1 atom stereocenters. The van der Waals surface area contributed by atoms with Crippen LogP contribution in [0.2, 0.25) is 5.02 Å². The van der Waals surface area contributed by atoms with Gasteiger partial charge in [-0.25, -0.2) is 0 Å². The molecule has 17 heavy (non-hydrogen) atoms. The lowest BCUT2D eigenvalue weighted by Gasteiger charge is -2.21. The summed E-state index contributed by atoms with van der Waals surface area (Å²) in [5, 5.41) is 0.738. The second-order valence-corrected chi connectivity index (χ2v) is 4.68. The van der Waals surface area contributed by atoms with Crippen LogP contribution in [0.1, 0.15) is 31.7 Å². The summed E-state index contributed by atoms with van der Waals surface area (Å²) in [6.45, 7) is 1.45. The number of allylic oxidation sites excluding steroid dienone is 1. The predicted molar refractivity (Wildman–Crippen MR) is 68.8 cm³/mol. The highest BCUT2D eigenvalue weighted by Crippen LogP contribution is 2.28. The molecule has 1 aliphatic rings. The van der Waals surface area contributed by atoms with Gasteiger partial charge in [0.15, 0.2) is 0 Å². The van der Waals surface area contributed by atoms with Crippen molar-refractivity contribution in [3.63, 3.8) is 0 Å². The standard InChI is InChI=1S/C14H15ClO2/c1-10(16)17-14-4-2-3-12(9-14)11-5-7-13(15)8-6-11/h5-9,14H,2-4H2,1H3/t14-/m1/s1. The summed E-state index contributed by atoms with van der Waals surface area (Å²) in [4.78, 5) is 10.9. The third-order valence-corrected chi connectivity index (χ3v) is 3.11. The molecule has 0 bridgehead atoms. The van der Waals surface area contributed by atoms with Gasteiger partial charge in [0.05, 0.1) is 0 Å². The summed E-state index contributed by atoms with van der Waals surface area (Å²) in [6.07, 6.45) is 4.96. The number of hydrogen-bond acceptors (Lipinski definition) is 2. The van der Waals surface area contributed by atoms with Crippen molar-refractivity contribution in [2.75, 3.05) is 0 Å². The van der Waals surface area contributed by atoms with Crippen molar-refractivity contribution in [1.82, 2.24) is 0 Å². The molecule has 2 rings (SSSR count). The van der Waals surface area contributed by atoms with Crippen LogP contribution in [0.25, 0.3) is 5.57 Å². The Morgan fingerprint density at radius 2 is 2.06 bits per heavy atom. The summed E-state index contributed by atoms with van der Waals surface area (Å²) in [5.74, 6) is -0.219. The van der Waals surface area contributed by atoms with Gasteiger partial charge in [0, 0.05) is 11.9 Å². The Hall–Kier alpha value is -1.28. The number of esters is 1. The number of carbonyl (C=O) groups is 1. The van der Waals surface area contributed by atoms with Crippen molar-refractivity contribution in [3.8, 4) is 0 Å². The van der Waals surface area contributed by atoms with Crippen LogP contribution in [0, 0.1) is 0 Å². The molecule has 0 radical (unpaired) electrons. The van der Waals surface area contributed by atoms with E-state index in [1.54, 1.807) is 0 Å². The summed E-state index contributed by atoms with van der Waals surface area (Å²) >= 11 is 5.86. The lowest BCUT2D eigenvalue weighted by Crippen LogP contribution is -2.17. The Labute approximate surface area is 106 Å². The maximum absolute atomic E-state index is 10.9. The highest BCUT2D eigenvalue weighted by Gasteiger charge is 2.16. The molecule has 1 aliphatic carbocycles. The van der Waals surface area contributed by atoms with Gasteiger partial charge in [-0.1, -0.05) is 23.7 Å². The van der Waals surface area contributed by atoms with E-state index in [9.17, 15) is 4.79 Å². The van der Waals surface area contributed by atoms with Crippen LogP contribution in [-0.4, -0.2) is 12.1 Å². The molecular formula is C14H15ClO2.